The van der Waals surface area contributed by atoms with Gasteiger partial charge in [0.1, 0.15) is 0 Å². The molecule has 0 aromatic carbocycles. The van der Waals surface area contributed by atoms with Gasteiger partial charge in [0, 0.05) is 0 Å². The maximum Gasteiger partial charge on any atom is -0.00147 e. The van der Waals surface area contributed by atoms with E-state index in [1.807, 2.05) is 0 Å². The number of nitrogens with one attached hydrogen (secondary N) is 1. The topological polar surface area (TPSA) is 12.0 Å². The third-order valence-corrected chi connectivity index (χ3v) is 4.78. The SMILES string of the molecule is C1=CC2CC1CC2CNCCC1CCC1. The first-order chi connectivity index (χ1) is 7.42. The van der Waals surface area contributed by atoms with Crippen LogP contribution in [0, 0.1) is 23.7 Å². The molecule has 1 nitrogen and oxygen atoms in total. The molecule has 84 valence electrons. The van der Waals surface area contributed by atoms with E-state index in [0.717, 1.165) is 23.7 Å². The van der Waals surface area contributed by atoms with E-state index in [0.29, 0.717) is 0 Å². The van der Waals surface area contributed by atoms with Crippen molar-refractivity contribution in [2.45, 2.75) is 38.5 Å². The predicted molar refractivity (Wildman–Crippen MR) is 63.7 cm³/mol. The third kappa shape index (κ3) is 2.13. The molecule has 0 radical (unpaired) electrons. The molecule has 2 fully saturated rings. The Kier molecular flexibility index (Phi) is 2.83. The van der Waals surface area contributed by atoms with Crippen LogP contribution in [0.15, 0.2) is 12.2 Å². The molecule has 3 unspecified atom stereocenters. The molecule has 1 N–H and O–H groups in total. The van der Waals surface area contributed by atoms with Crippen molar-refractivity contribution in [2.24, 2.45) is 23.7 Å². The lowest BCUT2D eigenvalue weighted by Crippen LogP contribution is -2.28. The first-order valence-electron chi connectivity index (χ1n) is 6.81. The van der Waals surface area contributed by atoms with Gasteiger partial charge in [-0.3, -0.25) is 0 Å². The Morgan fingerprint density at radius 1 is 1.13 bits per heavy atom. The average Bonchev–Trinajstić information content (AvgIpc) is 2.75. The van der Waals surface area contributed by atoms with Gasteiger partial charge >= 0.3 is 0 Å². The van der Waals surface area contributed by atoms with Gasteiger partial charge in [0.2, 0.25) is 0 Å². The molecule has 1 heteroatoms. The van der Waals surface area contributed by atoms with E-state index < -0.39 is 0 Å². The van der Waals surface area contributed by atoms with Gasteiger partial charge in [-0.15, -0.1) is 0 Å². The molecule has 0 aromatic rings. The van der Waals surface area contributed by atoms with Crippen molar-refractivity contribution in [3.05, 3.63) is 12.2 Å². The minimum atomic E-state index is 0.922. The lowest BCUT2D eigenvalue weighted by Gasteiger charge is -2.26. The number of allylic oxidation sites excluding steroid dienone is 2. The minimum absolute atomic E-state index is 0.922. The fourth-order valence-electron chi connectivity index (χ4n) is 3.50. The summed E-state index contributed by atoms with van der Waals surface area (Å²) >= 11 is 0. The van der Waals surface area contributed by atoms with Crippen LogP contribution in [0.25, 0.3) is 0 Å². The van der Waals surface area contributed by atoms with Crippen molar-refractivity contribution < 1.29 is 0 Å². The summed E-state index contributed by atoms with van der Waals surface area (Å²) in [5.74, 6) is 3.89. The zero-order chi connectivity index (χ0) is 10.1. The van der Waals surface area contributed by atoms with E-state index >= 15 is 0 Å². The van der Waals surface area contributed by atoms with Crippen molar-refractivity contribution in [3.63, 3.8) is 0 Å². The summed E-state index contributed by atoms with van der Waals surface area (Å²) in [4.78, 5) is 0. The standard InChI is InChI=1S/C14H23N/c1-2-11(3-1)6-7-15-10-14-9-12-4-5-13(14)8-12/h4-5,11-15H,1-3,6-10H2. The summed E-state index contributed by atoms with van der Waals surface area (Å²) in [5.41, 5.74) is 0. The second-order valence-corrected chi connectivity index (χ2v) is 5.83. The van der Waals surface area contributed by atoms with Crippen LogP contribution in [0.2, 0.25) is 0 Å². The van der Waals surface area contributed by atoms with Crippen LogP contribution < -0.4 is 5.32 Å². The number of fused-ring (bicyclic) bond motifs is 2. The van der Waals surface area contributed by atoms with Crippen molar-refractivity contribution in [2.75, 3.05) is 13.1 Å². The third-order valence-electron chi connectivity index (χ3n) is 4.78. The molecule has 0 spiro atoms. The second-order valence-electron chi connectivity index (χ2n) is 5.83. The van der Waals surface area contributed by atoms with E-state index in [2.05, 4.69) is 17.5 Å². The van der Waals surface area contributed by atoms with E-state index in [1.54, 1.807) is 0 Å². The molecule has 2 bridgehead atoms. The quantitative estimate of drug-likeness (QED) is 0.537. The van der Waals surface area contributed by atoms with Gasteiger partial charge in [-0.2, -0.15) is 0 Å². The lowest BCUT2D eigenvalue weighted by atomic mass is 9.83. The van der Waals surface area contributed by atoms with E-state index in [4.69, 9.17) is 0 Å². The largest absolute Gasteiger partial charge is 0.316 e. The van der Waals surface area contributed by atoms with Crippen LogP contribution in [0.5, 0.6) is 0 Å². The fraction of sp³-hybridized carbons (Fsp3) is 0.857. The maximum atomic E-state index is 3.68. The van der Waals surface area contributed by atoms with Crippen LogP contribution in [0.1, 0.15) is 38.5 Å². The second kappa shape index (κ2) is 4.29. The number of rotatable bonds is 5. The molecule has 2 saturated carbocycles. The van der Waals surface area contributed by atoms with E-state index in [1.165, 1.54) is 51.6 Å². The molecular weight excluding hydrogens is 182 g/mol. The fourth-order valence-corrected chi connectivity index (χ4v) is 3.50. The Balaban J connectivity index is 1.31. The maximum absolute atomic E-state index is 3.68. The van der Waals surface area contributed by atoms with Crippen molar-refractivity contribution in [3.8, 4) is 0 Å². The predicted octanol–water partition coefficient (Wildman–Crippen LogP) is 2.98. The zero-order valence-electron chi connectivity index (χ0n) is 9.62. The highest BCUT2D eigenvalue weighted by atomic mass is 14.9. The Hall–Kier alpha value is -0.300. The summed E-state index contributed by atoms with van der Waals surface area (Å²) in [6, 6.07) is 0. The zero-order valence-corrected chi connectivity index (χ0v) is 9.62. The van der Waals surface area contributed by atoms with Crippen LogP contribution >= 0.6 is 0 Å². The number of hydrogen-bond donors (Lipinski definition) is 1. The first kappa shape index (κ1) is 9.89. The molecule has 0 aromatic heterocycles. The Labute approximate surface area is 93.3 Å². The Morgan fingerprint density at radius 3 is 2.67 bits per heavy atom. The van der Waals surface area contributed by atoms with E-state index in [-0.39, 0.29) is 0 Å². The summed E-state index contributed by atoms with van der Waals surface area (Å²) < 4.78 is 0. The van der Waals surface area contributed by atoms with Gasteiger partial charge in [-0.05, 0) is 56.0 Å². The van der Waals surface area contributed by atoms with E-state index in [9.17, 15) is 0 Å². The van der Waals surface area contributed by atoms with Crippen LogP contribution in [-0.4, -0.2) is 13.1 Å². The summed E-state index contributed by atoms with van der Waals surface area (Å²) in [5, 5.41) is 3.68. The molecule has 0 heterocycles. The van der Waals surface area contributed by atoms with Crippen LogP contribution in [-0.2, 0) is 0 Å². The Bertz CT molecular complexity index is 242. The molecule has 15 heavy (non-hydrogen) atoms. The van der Waals surface area contributed by atoms with Crippen molar-refractivity contribution in [1.82, 2.24) is 5.32 Å². The summed E-state index contributed by atoms with van der Waals surface area (Å²) in [6.45, 7) is 2.54. The molecule has 0 amide bonds. The van der Waals surface area contributed by atoms with Gasteiger partial charge < -0.3 is 5.32 Å². The molecule has 0 aliphatic heterocycles. The van der Waals surface area contributed by atoms with Gasteiger partial charge in [0.25, 0.3) is 0 Å². The average molecular weight is 205 g/mol. The highest BCUT2D eigenvalue weighted by molar-refractivity contribution is 5.10. The monoisotopic (exact) mass is 205 g/mol. The molecule has 0 saturated heterocycles. The summed E-state index contributed by atoms with van der Waals surface area (Å²) in [7, 11) is 0. The van der Waals surface area contributed by atoms with Gasteiger partial charge in [-0.1, -0.05) is 31.4 Å². The highest BCUT2D eigenvalue weighted by Gasteiger charge is 2.34. The molecule has 3 rings (SSSR count). The smallest absolute Gasteiger partial charge is 0.00147 e. The normalized spacial score (nSPS) is 38.5. The Morgan fingerprint density at radius 2 is 2.07 bits per heavy atom. The van der Waals surface area contributed by atoms with Crippen molar-refractivity contribution >= 4 is 0 Å². The number of hydrogen-bond acceptors (Lipinski definition) is 1. The molecule has 3 aliphatic carbocycles. The minimum Gasteiger partial charge on any atom is -0.316 e. The lowest BCUT2D eigenvalue weighted by molar-refractivity contribution is 0.287. The van der Waals surface area contributed by atoms with Crippen LogP contribution in [0.4, 0.5) is 0 Å². The van der Waals surface area contributed by atoms with Gasteiger partial charge in [0.15, 0.2) is 0 Å². The van der Waals surface area contributed by atoms with Gasteiger partial charge in [0.05, 0.1) is 0 Å². The molecular formula is C14H23N. The van der Waals surface area contributed by atoms with Crippen molar-refractivity contribution in [1.29, 1.82) is 0 Å². The van der Waals surface area contributed by atoms with Gasteiger partial charge in [-0.25, -0.2) is 0 Å². The first-order valence-corrected chi connectivity index (χ1v) is 6.81. The van der Waals surface area contributed by atoms with Crippen LogP contribution in [0.3, 0.4) is 0 Å². The highest BCUT2D eigenvalue weighted by Crippen LogP contribution is 2.42. The summed E-state index contributed by atoms with van der Waals surface area (Å²) in [6.07, 6.45) is 13.7. The molecule has 3 aliphatic rings. The molecule has 3 atom stereocenters.